The summed E-state index contributed by atoms with van der Waals surface area (Å²) in [5, 5.41) is 35.9. The summed E-state index contributed by atoms with van der Waals surface area (Å²) >= 11 is 0. The Kier molecular flexibility index (Phi) is 5.20. The zero-order valence-corrected chi connectivity index (χ0v) is 15.4. The molecule has 3 atom stereocenters. The molecule has 1 aliphatic heterocycles. The van der Waals surface area contributed by atoms with Crippen molar-refractivity contribution in [2.45, 2.75) is 18.2 Å². The van der Waals surface area contributed by atoms with Crippen molar-refractivity contribution in [1.82, 2.24) is 10.3 Å². The molecule has 1 aromatic heterocycles. The molecule has 3 aromatic rings. The standard InChI is InChI=1S/C21H21N3O5/c25-11-14(26)9-23-21(28)20-19(16-6-7-22-10-18(16)29-20)24-13-4-5-15-12(8-13)2-1-3-17(15)27/h1-8,10,14,19-20,24-27H,9,11H2,(H,23,28). The molecule has 0 saturated carbocycles. The van der Waals surface area contributed by atoms with Gasteiger partial charge in [-0.05, 0) is 35.7 Å². The van der Waals surface area contributed by atoms with Crippen LogP contribution in [0.4, 0.5) is 5.69 Å². The van der Waals surface area contributed by atoms with Crippen LogP contribution in [0.1, 0.15) is 11.6 Å². The second-order valence-corrected chi connectivity index (χ2v) is 6.87. The number of nitrogens with one attached hydrogen (secondary N) is 2. The van der Waals surface area contributed by atoms with Gasteiger partial charge in [0.15, 0.2) is 0 Å². The Balaban J connectivity index is 1.60. The highest BCUT2D eigenvalue weighted by Gasteiger charge is 2.39. The fourth-order valence-electron chi connectivity index (χ4n) is 3.39. The Morgan fingerprint density at radius 3 is 2.93 bits per heavy atom. The van der Waals surface area contributed by atoms with Crippen LogP contribution in [0.2, 0.25) is 0 Å². The van der Waals surface area contributed by atoms with E-state index in [0.29, 0.717) is 5.75 Å². The van der Waals surface area contributed by atoms with Crippen LogP contribution in [0.5, 0.6) is 11.5 Å². The summed E-state index contributed by atoms with van der Waals surface area (Å²) in [4.78, 5) is 16.7. The van der Waals surface area contributed by atoms with Gasteiger partial charge in [-0.15, -0.1) is 0 Å². The Morgan fingerprint density at radius 1 is 1.24 bits per heavy atom. The van der Waals surface area contributed by atoms with Crippen LogP contribution < -0.4 is 15.4 Å². The Bertz CT molecular complexity index is 1040. The van der Waals surface area contributed by atoms with Crippen LogP contribution in [-0.4, -0.2) is 51.6 Å². The monoisotopic (exact) mass is 395 g/mol. The number of carbonyl (C=O) groups excluding carboxylic acids is 1. The number of ether oxygens (including phenoxy) is 1. The van der Waals surface area contributed by atoms with Gasteiger partial charge in [0.25, 0.3) is 5.91 Å². The molecule has 2 aromatic carbocycles. The number of aromatic hydroxyl groups is 1. The molecular weight excluding hydrogens is 374 g/mol. The summed E-state index contributed by atoms with van der Waals surface area (Å²) < 4.78 is 5.80. The van der Waals surface area contributed by atoms with Gasteiger partial charge in [-0.1, -0.05) is 12.1 Å². The minimum absolute atomic E-state index is 0.0776. The molecule has 1 amide bonds. The number of aromatic nitrogens is 1. The third-order valence-electron chi connectivity index (χ3n) is 4.87. The van der Waals surface area contributed by atoms with Gasteiger partial charge in [0.2, 0.25) is 6.10 Å². The van der Waals surface area contributed by atoms with Crippen LogP contribution >= 0.6 is 0 Å². The summed E-state index contributed by atoms with van der Waals surface area (Å²) in [6.45, 7) is -0.521. The average molecular weight is 395 g/mol. The number of fused-ring (bicyclic) bond motifs is 2. The SMILES string of the molecule is O=C(NCC(O)CO)C1Oc2cnccc2C1Nc1ccc2c(O)cccc2c1. The fourth-order valence-corrected chi connectivity index (χ4v) is 3.39. The zero-order chi connectivity index (χ0) is 20.4. The van der Waals surface area contributed by atoms with Gasteiger partial charge in [-0.2, -0.15) is 0 Å². The summed E-state index contributed by atoms with van der Waals surface area (Å²) in [6, 6.07) is 12.1. The van der Waals surface area contributed by atoms with Crippen molar-refractivity contribution in [3.63, 3.8) is 0 Å². The maximum Gasteiger partial charge on any atom is 0.263 e. The fraction of sp³-hybridized carbons (Fsp3) is 0.238. The molecule has 1 aliphatic rings. The number of nitrogens with zero attached hydrogens (tertiary/aromatic N) is 1. The molecule has 0 radical (unpaired) electrons. The first kappa shape index (κ1) is 19.0. The summed E-state index contributed by atoms with van der Waals surface area (Å²) in [5.74, 6) is 0.297. The summed E-state index contributed by atoms with van der Waals surface area (Å²) in [5.41, 5.74) is 1.55. The van der Waals surface area contributed by atoms with Crippen molar-refractivity contribution < 1.29 is 24.9 Å². The molecular formula is C21H21N3O5. The van der Waals surface area contributed by atoms with E-state index in [4.69, 9.17) is 9.84 Å². The Hall–Kier alpha value is -3.36. The highest BCUT2D eigenvalue weighted by atomic mass is 16.5. The Morgan fingerprint density at radius 2 is 2.10 bits per heavy atom. The van der Waals surface area contributed by atoms with Gasteiger partial charge in [0.05, 0.1) is 18.9 Å². The van der Waals surface area contributed by atoms with E-state index in [1.165, 1.54) is 0 Å². The molecule has 0 saturated heterocycles. The molecule has 29 heavy (non-hydrogen) atoms. The lowest BCUT2D eigenvalue weighted by atomic mass is 10.0. The number of phenols is 1. The largest absolute Gasteiger partial charge is 0.507 e. The zero-order valence-electron chi connectivity index (χ0n) is 15.4. The molecule has 5 N–H and O–H groups in total. The maximum absolute atomic E-state index is 12.7. The van der Waals surface area contributed by atoms with E-state index in [-0.39, 0.29) is 12.3 Å². The van der Waals surface area contributed by atoms with Crippen LogP contribution in [-0.2, 0) is 4.79 Å². The molecule has 0 spiro atoms. The number of phenolic OH excluding ortho intramolecular Hbond substituents is 1. The number of pyridine rings is 1. The van der Waals surface area contributed by atoms with Crippen molar-refractivity contribution in [2.75, 3.05) is 18.5 Å². The molecule has 0 bridgehead atoms. The number of aliphatic hydroxyl groups is 2. The van der Waals surface area contributed by atoms with E-state index in [2.05, 4.69) is 15.6 Å². The first-order valence-corrected chi connectivity index (χ1v) is 9.22. The quantitative estimate of drug-likeness (QED) is 0.426. The van der Waals surface area contributed by atoms with Crippen LogP contribution in [0.3, 0.4) is 0 Å². The van der Waals surface area contributed by atoms with E-state index in [1.54, 1.807) is 30.6 Å². The second-order valence-electron chi connectivity index (χ2n) is 6.87. The third kappa shape index (κ3) is 3.80. The van der Waals surface area contributed by atoms with Gasteiger partial charge in [-0.3, -0.25) is 9.78 Å². The molecule has 2 heterocycles. The number of rotatable bonds is 6. The number of carbonyl (C=O) groups is 1. The van der Waals surface area contributed by atoms with E-state index >= 15 is 0 Å². The second kappa shape index (κ2) is 7.94. The van der Waals surface area contributed by atoms with Crippen molar-refractivity contribution in [3.05, 3.63) is 60.4 Å². The van der Waals surface area contributed by atoms with Crippen LogP contribution in [0.15, 0.2) is 54.9 Å². The van der Waals surface area contributed by atoms with Gasteiger partial charge in [0, 0.05) is 29.4 Å². The summed E-state index contributed by atoms with van der Waals surface area (Å²) in [6.07, 6.45) is 1.27. The van der Waals surface area contributed by atoms with Gasteiger partial charge in [-0.25, -0.2) is 0 Å². The highest BCUT2D eigenvalue weighted by Crippen LogP contribution is 2.39. The minimum Gasteiger partial charge on any atom is -0.507 e. The van der Waals surface area contributed by atoms with Crippen molar-refractivity contribution in [2.24, 2.45) is 0 Å². The number of aliphatic hydroxyl groups excluding tert-OH is 2. The van der Waals surface area contributed by atoms with E-state index in [1.807, 2.05) is 24.3 Å². The minimum atomic E-state index is -1.04. The van der Waals surface area contributed by atoms with Gasteiger partial charge >= 0.3 is 0 Å². The molecule has 3 unspecified atom stereocenters. The normalized spacial score (nSPS) is 18.7. The van der Waals surface area contributed by atoms with Crippen LogP contribution in [0.25, 0.3) is 10.8 Å². The lowest BCUT2D eigenvalue weighted by Crippen LogP contribution is -2.44. The number of amides is 1. The number of benzene rings is 2. The molecule has 150 valence electrons. The molecule has 4 rings (SSSR count). The molecule has 8 nitrogen and oxygen atoms in total. The first-order chi connectivity index (χ1) is 14.1. The lowest BCUT2D eigenvalue weighted by molar-refractivity contribution is -0.128. The lowest BCUT2D eigenvalue weighted by Gasteiger charge is -2.21. The number of hydrogen-bond acceptors (Lipinski definition) is 7. The highest BCUT2D eigenvalue weighted by molar-refractivity contribution is 5.91. The summed E-state index contributed by atoms with van der Waals surface area (Å²) in [7, 11) is 0. The van der Waals surface area contributed by atoms with Crippen molar-refractivity contribution in [3.8, 4) is 11.5 Å². The van der Waals surface area contributed by atoms with E-state index in [0.717, 1.165) is 22.0 Å². The van der Waals surface area contributed by atoms with Gasteiger partial charge in [0.1, 0.15) is 17.5 Å². The third-order valence-corrected chi connectivity index (χ3v) is 4.87. The smallest absolute Gasteiger partial charge is 0.263 e. The predicted molar refractivity (Wildman–Crippen MR) is 107 cm³/mol. The maximum atomic E-state index is 12.7. The van der Waals surface area contributed by atoms with Crippen molar-refractivity contribution in [1.29, 1.82) is 0 Å². The first-order valence-electron chi connectivity index (χ1n) is 9.22. The van der Waals surface area contributed by atoms with E-state index in [9.17, 15) is 15.0 Å². The number of anilines is 1. The van der Waals surface area contributed by atoms with Gasteiger partial charge < -0.3 is 30.7 Å². The topological polar surface area (TPSA) is 124 Å². The molecule has 0 aliphatic carbocycles. The predicted octanol–water partition coefficient (Wildman–Crippen LogP) is 1.32. The Labute approximate surface area is 166 Å². The molecule has 0 fully saturated rings. The average Bonchev–Trinajstić information content (AvgIpc) is 3.10. The molecule has 8 heteroatoms. The van der Waals surface area contributed by atoms with Crippen molar-refractivity contribution >= 4 is 22.4 Å². The van der Waals surface area contributed by atoms with Crippen LogP contribution in [0, 0.1) is 0 Å². The number of hydrogen-bond donors (Lipinski definition) is 5. The van der Waals surface area contributed by atoms with E-state index < -0.39 is 30.8 Å².